The molecule has 4 aromatic rings. The monoisotopic (exact) mass is 460 g/mol. The Hall–Kier alpha value is -3.94. The van der Waals surface area contributed by atoms with E-state index in [4.69, 9.17) is 9.15 Å². The second kappa shape index (κ2) is 9.91. The van der Waals surface area contributed by atoms with Crippen LogP contribution < -0.4 is 0 Å². The summed E-state index contributed by atoms with van der Waals surface area (Å²) >= 11 is 0. The van der Waals surface area contributed by atoms with E-state index >= 15 is 0 Å². The lowest BCUT2D eigenvalue weighted by molar-refractivity contribution is -0.136. The van der Waals surface area contributed by atoms with Crippen molar-refractivity contribution in [3.63, 3.8) is 0 Å². The SMILES string of the molecule is CC(C)N(Cc1ccccc1)C(=O)COC(=O)c1cc(-c2ccco2)nc2c1cnn2C(C)C. The van der Waals surface area contributed by atoms with Crippen LogP contribution in [0.2, 0.25) is 0 Å². The first-order valence-electron chi connectivity index (χ1n) is 11.3. The number of fused-ring (bicyclic) bond motifs is 1. The van der Waals surface area contributed by atoms with E-state index in [2.05, 4.69) is 10.1 Å². The van der Waals surface area contributed by atoms with Crippen molar-refractivity contribution in [1.82, 2.24) is 19.7 Å². The third-order valence-corrected chi connectivity index (χ3v) is 5.52. The zero-order valence-electron chi connectivity index (χ0n) is 19.8. The minimum atomic E-state index is -0.611. The number of rotatable bonds is 8. The van der Waals surface area contributed by atoms with Gasteiger partial charge in [0.1, 0.15) is 5.69 Å². The van der Waals surface area contributed by atoms with E-state index in [9.17, 15) is 9.59 Å². The van der Waals surface area contributed by atoms with Gasteiger partial charge in [0.2, 0.25) is 0 Å². The first-order chi connectivity index (χ1) is 16.3. The van der Waals surface area contributed by atoms with Crippen molar-refractivity contribution in [1.29, 1.82) is 0 Å². The number of carbonyl (C=O) groups excluding carboxylic acids is 2. The van der Waals surface area contributed by atoms with E-state index in [-0.39, 0.29) is 30.2 Å². The molecule has 0 spiro atoms. The van der Waals surface area contributed by atoms with E-state index in [1.807, 2.05) is 58.0 Å². The molecule has 1 aromatic carbocycles. The number of amides is 1. The number of furan rings is 1. The quantitative estimate of drug-likeness (QED) is 0.349. The third kappa shape index (κ3) is 4.85. The molecule has 8 nitrogen and oxygen atoms in total. The number of nitrogens with zero attached hydrogens (tertiary/aromatic N) is 4. The van der Waals surface area contributed by atoms with Gasteiger partial charge in [-0.05, 0) is 51.5 Å². The van der Waals surface area contributed by atoms with Crippen molar-refractivity contribution in [2.24, 2.45) is 0 Å². The van der Waals surface area contributed by atoms with Crippen molar-refractivity contribution in [2.75, 3.05) is 6.61 Å². The van der Waals surface area contributed by atoms with Gasteiger partial charge < -0.3 is 14.1 Å². The summed E-state index contributed by atoms with van der Waals surface area (Å²) in [5.74, 6) is -0.348. The summed E-state index contributed by atoms with van der Waals surface area (Å²) in [5.41, 5.74) is 2.34. The lowest BCUT2D eigenvalue weighted by Crippen LogP contribution is -2.39. The molecule has 0 aliphatic carbocycles. The van der Waals surface area contributed by atoms with E-state index in [1.54, 1.807) is 40.2 Å². The Morgan fingerprint density at radius 3 is 2.50 bits per heavy atom. The molecule has 4 rings (SSSR count). The van der Waals surface area contributed by atoms with Gasteiger partial charge in [0.05, 0.1) is 23.4 Å². The van der Waals surface area contributed by atoms with Crippen LogP contribution in [0.4, 0.5) is 0 Å². The molecule has 0 unspecified atom stereocenters. The average molecular weight is 461 g/mol. The average Bonchev–Trinajstić information content (AvgIpc) is 3.51. The van der Waals surface area contributed by atoms with Crippen molar-refractivity contribution in [2.45, 2.75) is 46.3 Å². The largest absolute Gasteiger partial charge is 0.463 e. The van der Waals surface area contributed by atoms with Crippen LogP contribution in [0.15, 0.2) is 65.4 Å². The van der Waals surface area contributed by atoms with Crippen LogP contribution in [0, 0.1) is 0 Å². The van der Waals surface area contributed by atoms with Crippen LogP contribution in [-0.2, 0) is 16.1 Å². The molecule has 0 bridgehead atoms. The molecule has 0 N–H and O–H groups in total. The number of pyridine rings is 1. The molecule has 0 atom stereocenters. The maximum absolute atomic E-state index is 13.1. The topological polar surface area (TPSA) is 90.5 Å². The Balaban J connectivity index is 1.58. The second-order valence-electron chi connectivity index (χ2n) is 8.63. The zero-order chi connectivity index (χ0) is 24.2. The Kier molecular flexibility index (Phi) is 6.77. The van der Waals surface area contributed by atoms with Crippen LogP contribution in [-0.4, -0.2) is 44.2 Å². The van der Waals surface area contributed by atoms with Gasteiger partial charge >= 0.3 is 5.97 Å². The van der Waals surface area contributed by atoms with Gasteiger partial charge in [-0.1, -0.05) is 30.3 Å². The van der Waals surface area contributed by atoms with E-state index < -0.39 is 5.97 Å². The highest BCUT2D eigenvalue weighted by atomic mass is 16.5. The van der Waals surface area contributed by atoms with Gasteiger partial charge in [-0.3, -0.25) is 4.79 Å². The van der Waals surface area contributed by atoms with Crippen LogP contribution in [0.1, 0.15) is 49.7 Å². The van der Waals surface area contributed by atoms with Crippen molar-refractivity contribution in [3.05, 3.63) is 72.1 Å². The second-order valence-corrected chi connectivity index (χ2v) is 8.63. The summed E-state index contributed by atoms with van der Waals surface area (Å²) in [4.78, 5) is 32.4. The summed E-state index contributed by atoms with van der Waals surface area (Å²) in [6.45, 7) is 7.92. The third-order valence-electron chi connectivity index (χ3n) is 5.52. The van der Waals surface area contributed by atoms with Crippen LogP contribution in [0.25, 0.3) is 22.5 Å². The Labute approximate surface area is 198 Å². The molecule has 3 aromatic heterocycles. The summed E-state index contributed by atoms with van der Waals surface area (Å²) in [7, 11) is 0. The fourth-order valence-electron chi connectivity index (χ4n) is 3.74. The van der Waals surface area contributed by atoms with Gasteiger partial charge in [-0.25, -0.2) is 14.5 Å². The normalized spacial score (nSPS) is 11.4. The molecule has 1 amide bonds. The van der Waals surface area contributed by atoms with E-state index in [0.29, 0.717) is 29.0 Å². The molecule has 0 aliphatic heterocycles. The summed E-state index contributed by atoms with van der Waals surface area (Å²) in [5, 5.41) is 4.96. The summed E-state index contributed by atoms with van der Waals surface area (Å²) < 4.78 is 12.7. The molecule has 0 radical (unpaired) electrons. The first-order valence-corrected chi connectivity index (χ1v) is 11.3. The molecule has 0 fully saturated rings. The van der Waals surface area contributed by atoms with Gasteiger partial charge in [-0.15, -0.1) is 0 Å². The van der Waals surface area contributed by atoms with Gasteiger partial charge in [0.15, 0.2) is 18.0 Å². The van der Waals surface area contributed by atoms with Crippen molar-refractivity contribution < 1.29 is 18.7 Å². The fourth-order valence-corrected chi connectivity index (χ4v) is 3.74. The smallest absolute Gasteiger partial charge is 0.339 e. The highest BCUT2D eigenvalue weighted by Crippen LogP contribution is 2.27. The maximum atomic E-state index is 13.1. The first kappa shape index (κ1) is 23.2. The Morgan fingerprint density at radius 1 is 1.09 bits per heavy atom. The number of hydrogen-bond acceptors (Lipinski definition) is 6. The van der Waals surface area contributed by atoms with Crippen molar-refractivity contribution in [3.8, 4) is 11.5 Å². The van der Waals surface area contributed by atoms with Crippen LogP contribution in [0.3, 0.4) is 0 Å². The predicted molar refractivity (Wildman–Crippen MR) is 128 cm³/mol. The highest BCUT2D eigenvalue weighted by Gasteiger charge is 2.23. The summed E-state index contributed by atoms with van der Waals surface area (Å²) in [6.07, 6.45) is 3.15. The number of esters is 1. The number of benzene rings is 1. The van der Waals surface area contributed by atoms with Gasteiger partial charge in [-0.2, -0.15) is 5.10 Å². The summed E-state index contributed by atoms with van der Waals surface area (Å²) in [6, 6.07) is 14.9. The van der Waals surface area contributed by atoms with Gasteiger partial charge in [0, 0.05) is 18.6 Å². The fraction of sp³-hybridized carbons (Fsp3) is 0.308. The molecule has 0 saturated heterocycles. The minimum absolute atomic E-state index is 0.0416. The van der Waals surface area contributed by atoms with E-state index in [1.165, 1.54) is 0 Å². The molecular weight excluding hydrogens is 432 g/mol. The van der Waals surface area contributed by atoms with Gasteiger partial charge in [0.25, 0.3) is 5.91 Å². The van der Waals surface area contributed by atoms with Crippen molar-refractivity contribution >= 4 is 22.9 Å². The predicted octanol–water partition coefficient (Wildman–Crippen LogP) is 4.87. The zero-order valence-corrected chi connectivity index (χ0v) is 19.8. The lowest BCUT2D eigenvalue weighted by atomic mass is 10.1. The standard InChI is InChI=1S/C26H28N4O4/c1-17(2)29(15-19-9-6-5-7-10-19)24(31)16-34-26(32)20-13-22(23-11-8-12-33-23)28-25-21(20)14-27-30(25)18(3)4/h5-14,17-18H,15-16H2,1-4H3. The van der Waals surface area contributed by atoms with E-state index in [0.717, 1.165) is 5.56 Å². The molecule has 0 aliphatic rings. The maximum Gasteiger partial charge on any atom is 0.339 e. The Bertz CT molecular complexity index is 1280. The number of carbonyl (C=O) groups is 2. The minimum Gasteiger partial charge on any atom is -0.463 e. The number of aromatic nitrogens is 3. The lowest BCUT2D eigenvalue weighted by Gasteiger charge is -2.26. The molecule has 0 saturated carbocycles. The van der Waals surface area contributed by atoms with Crippen LogP contribution >= 0.6 is 0 Å². The number of ether oxygens (including phenoxy) is 1. The molecule has 3 heterocycles. The Morgan fingerprint density at radius 2 is 1.85 bits per heavy atom. The van der Waals surface area contributed by atoms with Crippen LogP contribution in [0.5, 0.6) is 0 Å². The highest BCUT2D eigenvalue weighted by molar-refractivity contribution is 6.04. The number of hydrogen-bond donors (Lipinski definition) is 0. The molecule has 176 valence electrons. The molecule has 8 heteroatoms. The molecule has 34 heavy (non-hydrogen) atoms. The molecular formula is C26H28N4O4.